The summed E-state index contributed by atoms with van der Waals surface area (Å²) >= 11 is 1.51. The van der Waals surface area contributed by atoms with Crippen molar-refractivity contribution in [3.05, 3.63) is 70.7 Å². The number of aromatic nitrogens is 1. The minimum Gasteiger partial charge on any atom is -0.458 e. The maximum absolute atomic E-state index is 11.8. The van der Waals surface area contributed by atoms with Crippen LogP contribution in [0.15, 0.2) is 54.6 Å². The highest BCUT2D eigenvalue weighted by Crippen LogP contribution is 2.22. The van der Waals surface area contributed by atoms with E-state index >= 15 is 0 Å². The molecule has 3 aromatic rings. The molecule has 1 heterocycles. The average Bonchev–Trinajstić information content (AvgIpc) is 3.01. The number of thiazole rings is 1. The Morgan fingerprint density at radius 2 is 2.00 bits per heavy atom. The highest BCUT2D eigenvalue weighted by molar-refractivity contribution is 7.19. The van der Waals surface area contributed by atoms with Crippen LogP contribution in [0.2, 0.25) is 0 Å². The minimum absolute atomic E-state index is 0.0761. The number of para-hydroxylation sites is 1. The lowest BCUT2D eigenvalue weighted by Gasteiger charge is -2.03. The monoisotopic (exact) mass is 320 g/mol. The van der Waals surface area contributed by atoms with E-state index in [1.54, 1.807) is 30.3 Å². The van der Waals surface area contributed by atoms with Crippen LogP contribution in [0.5, 0.6) is 0 Å². The summed E-state index contributed by atoms with van der Waals surface area (Å²) in [4.78, 5) is 16.2. The summed E-state index contributed by atoms with van der Waals surface area (Å²) in [5.74, 6) is -0.461. The molecular weight excluding hydrogens is 308 g/mol. The van der Waals surface area contributed by atoms with Gasteiger partial charge in [-0.25, -0.2) is 9.78 Å². The molecule has 0 fully saturated rings. The Hall–Kier alpha value is -2.97. The van der Waals surface area contributed by atoms with Gasteiger partial charge in [0.05, 0.1) is 21.8 Å². The third-order valence-corrected chi connectivity index (χ3v) is 4.18. The largest absolute Gasteiger partial charge is 0.458 e. The number of hydrogen-bond acceptors (Lipinski definition) is 5. The van der Waals surface area contributed by atoms with Gasteiger partial charge >= 0.3 is 5.97 Å². The molecule has 0 aliphatic heterocycles. The van der Waals surface area contributed by atoms with Crippen molar-refractivity contribution >= 4 is 33.6 Å². The second-order valence-corrected chi connectivity index (χ2v) is 5.79. The quantitative estimate of drug-likeness (QED) is 0.540. The molecule has 23 heavy (non-hydrogen) atoms. The zero-order chi connectivity index (χ0) is 16.1. The van der Waals surface area contributed by atoms with Crippen LogP contribution in [0.1, 0.15) is 16.1 Å². The van der Waals surface area contributed by atoms with Gasteiger partial charge in [0.2, 0.25) is 0 Å². The number of carbonyl (C=O) groups excluding carboxylic acids is 1. The molecule has 0 bridgehead atoms. The lowest BCUT2D eigenvalue weighted by atomic mass is 10.1. The van der Waals surface area contributed by atoms with Gasteiger partial charge in [-0.1, -0.05) is 30.3 Å². The number of rotatable bonds is 4. The van der Waals surface area contributed by atoms with Crippen molar-refractivity contribution in [3.63, 3.8) is 0 Å². The van der Waals surface area contributed by atoms with Crippen LogP contribution in [0.25, 0.3) is 16.3 Å². The van der Waals surface area contributed by atoms with Crippen molar-refractivity contribution < 1.29 is 9.53 Å². The van der Waals surface area contributed by atoms with Gasteiger partial charge in [-0.15, -0.1) is 11.3 Å². The van der Waals surface area contributed by atoms with E-state index in [9.17, 15) is 4.79 Å². The van der Waals surface area contributed by atoms with E-state index < -0.39 is 5.97 Å². The summed E-state index contributed by atoms with van der Waals surface area (Å²) in [6, 6.07) is 16.9. The van der Waals surface area contributed by atoms with Gasteiger partial charge in [0.1, 0.15) is 11.6 Å². The molecular formula is C18H12N2O2S. The Balaban J connectivity index is 1.64. The zero-order valence-corrected chi connectivity index (χ0v) is 12.9. The zero-order valence-electron chi connectivity index (χ0n) is 12.1. The fourth-order valence-electron chi connectivity index (χ4n) is 2.05. The third-order valence-electron chi connectivity index (χ3n) is 3.18. The van der Waals surface area contributed by atoms with Gasteiger partial charge in [0, 0.05) is 11.6 Å². The van der Waals surface area contributed by atoms with E-state index in [0.29, 0.717) is 11.1 Å². The number of hydrogen-bond donors (Lipinski definition) is 0. The molecule has 0 N–H and O–H groups in total. The summed E-state index contributed by atoms with van der Waals surface area (Å²) in [6.07, 6.45) is 3.00. The van der Waals surface area contributed by atoms with Crippen LogP contribution in [0.3, 0.4) is 0 Å². The Morgan fingerprint density at radius 3 is 2.83 bits per heavy atom. The number of esters is 1. The molecule has 1 aromatic heterocycles. The number of carbonyl (C=O) groups is 1. The van der Waals surface area contributed by atoms with E-state index in [1.165, 1.54) is 17.4 Å². The van der Waals surface area contributed by atoms with Gasteiger partial charge in [-0.3, -0.25) is 0 Å². The number of nitrogens with zero attached hydrogens (tertiary/aromatic N) is 2. The van der Waals surface area contributed by atoms with Crippen molar-refractivity contribution in [2.75, 3.05) is 0 Å². The predicted molar refractivity (Wildman–Crippen MR) is 89.6 cm³/mol. The summed E-state index contributed by atoms with van der Waals surface area (Å²) < 4.78 is 6.24. The predicted octanol–water partition coefficient (Wildman–Crippen LogP) is 3.92. The average molecular weight is 320 g/mol. The van der Waals surface area contributed by atoms with E-state index in [4.69, 9.17) is 10.00 Å². The second kappa shape index (κ2) is 6.86. The molecule has 0 spiro atoms. The van der Waals surface area contributed by atoms with Gasteiger partial charge in [-0.2, -0.15) is 5.26 Å². The van der Waals surface area contributed by atoms with Crippen molar-refractivity contribution in [1.29, 1.82) is 5.26 Å². The molecule has 0 atom stereocenters. The van der Waals surface area contributed by atoms with Crippen LogP contribution in [0, 0.1) is 11.3 Å². The Morgan fingerprint density at radius 1 is 1.22 bits per heavy atom. The molecule has 0 aliphatic carbocycles. The molecule has 4 nitrogen and oxygen atoms in total. The maximum Gasteiger partial charge on any atom is 0.331 e. The standard InChI is InChI=1S/C18H12N2O2S/c19-11-13-5-1-2-6-14(13)12-22-18(21)10-9-17-20-15-7-3-4-8-16(15)23-17/h1-10H,12H2/b10-9+. The lowest BCUT2D eigenvalue weighted by molar-refractivity contribution is -0.138. The Bertz CT molecular complexity index is 889. The van der Waals surface area contributed by atoms with Crippen LogP contribution in [-0.2, 0) is 16.1 Å². The van der Waals surface area contributed by atoms with E-state index in [1.807, 2.05) is 24.3 Å². The summed E-state index contributed by atoms with van der Waals surface area (Å²) in [7, 11) is 0. The number of fused-ring (bicyclic) bond motifs is 1. The highest BCUT2D eigenvalue weighted by atomic mass is 32.1. The minimum atomic E-state index is -0.461. The topological polar surface area (TPSA) is 63.0 Å². The molecule has 0 unspecified atom stereocenters. The smallest absolute Gasteiger partial charge is 0.331 e. The van der Waals surface area contributed by atoms with Gasteiger partial charge in [-0.05, 0) is 24.3 Å². The normalized spacial score (nSPS) is 10.7. The molecule has 5 heteroatoms. The second-order valence-electron chi connectivity index (χ2n) is 4.73. The van der Waals surface area contributed by atoms with Crippen molar-refractivity contribution in [3.8, 4) is 6.07 Å². The summed E-state index contributed by atoms with van der Waals surface area (Å²) in [5.41, 5.74) is 2.11. The van der Waals surface area contributed by atoms with Gasteiger partial charge < -0.3 is 4.74 Å². The first-order valence-electron chi connectivity index (χ1n) is 6.94. The molecule has 0 amide bonds. The number of ether oxygens (including phenoxy) is 1. The van der Waals surface area contributed by atoms with Crippen LogP contribution < -0.4 is 0 Å². The first-order chi connectivity index (χ1) is 11.3. The van der Waals surface area contributed by atoms with Crippen LogP contribution >= 0.6 is 11.3 Å². The molecule has 0 aliphatic rings. The van der Waals surface area contributed by atoms with Crippen LogP contribution in [-0.4, -0.2) is 11.0 Å². The van der Waals surface area contributed by atoms with E-state index in [-0.39, 0.29) is 6.61 Å². The SMILES string of the molecule is N#Cc1ccccc1COC(=O)/C=C/c1nc2ccccc2s1. The van der Waals surface area contributed by atoms with Crippen LogP contribution in [0.4, 0.5) is 0 Å². The third kappa shape index (κ3) is 3.62. The number of nitriles is 1. The molecule has 3 rings (SSSR count). The first kappa shape index (κ1) is 14.9. The first-order valence-corrected chi connectivity index (χ1v) is 7.76. The summed E-state index contributed by atoms with van der Waals surface area (Å²) in [5, 5.41) is 9.74. The lowest BCUT2D eigenvalue weighted by Crippen LogP contribution is -2.02. The fourth-order valence-corrected chi connectivity index (χ4v) is 2.92. The van der Waals surface area contributed by atoms with Gasteiger partial charge in [0.15, 0.2) is 0 Å². The molecule has 0 saturated carbocycles. The van der Waals surface area contributed by atoms with Gasteiger partial charge in [0.25, 0.3) is 0 Å². The summed E-state index contributed by atoms with van der Waals surface area (Å²) in [6.45, 7) is 0.0761. The maximum atomic E-state index is 11.8. The highest BCUT2D eigenvalue weighted by Gasteiger charge is 2.05. The molecule has 112 valence electrons. The van der Waals surface area contributed by atoms with Crippen molar-refractivity contribution in [2.24, 2.45) is 0 Å². The molecule has 0 radical (unpaired) electrons. The van der Waals surface area contributed by atoms with Crippen molar-refractivity contribution in [1.82, 2.24) is 4.98 Å². The van der Waals surface area contributed by atoms with E-state index in [0.717, 1.165) is 15.2 Å². The fraction of sp³-hybridized carbons (Fsp3) is 0.0556. The molecule has 0 saturated heterocycles. The number of benzene rings is 2. The Kier molecular flexibility index (Phi) is 4.46. The molecule has 2 aromatic carbocycles. The van der Waals surface area contributed by atoms with Crippen molar-refractivity contribution in [2.45, 2.75) is 6.61 Å². The van der Waals surface area contributed by atoms with E-state index in [2.05, 4.69) is 11.1 Å². The Labute approximate surface area is 137 Å².